The number of fused-ring (bicyclic) bond motifs is 1. The summed E-state index contributed by atoms with van der Waals surface area (Å²) in [6.07, 6.45) is 3.49. The molecule has 1 atom stereocenters. The van der Waals surface area contributed by atoms with E-state index in [9.17, 15) is 4.79 Å². The minimum Gasteiger partial charge on any atom is -0.316 e. The first-order chi connectivity index (χ1) is 14.7. The summed E-state index contributed by atoms with van der Waals surface area (Å²) < 4.78 is 2.01. The van der Waals surface area contributed by atoms with E-state index in [1.165, 1.54) is 0 Å². The Kier molecular flexibility index (Phi) is 4.83. The maximum atomic E-state index is 13.2. The molecule has 0 fully saturated rings. The molecule has 0 radical (unpaired) electrons. The van der Waals surface area contributed by atoms with E-state index in [-0.39, 0.29) is 11.6 Å². The molecule has 5 nitrogen and oxygen atoms in total. The van der Waals surface area contributed by atoms with Crippen LogP contribution in [0.4, 0.5) is 0 Å². The summed E-state index contributed by atoms with van der Waals surface area (Å²) >= 11 is 6.23. The van der Waals surface area contributed by atoms with E-state index in [2.05, 4.69) is 10.4 Å². The van der Waals surface area contributed by atoms with Crippen molar-refractivity contribution < 1.29 is 0 Å². The number of aromatic nitrogens is 1. The van der Waals surface area contributed by atoms with Gasteiger partial charge in [-0.1, -0.05) is 60.1 Å². The van der Waals surface area contributed by atoms with Gasteiger partial charge in [0.15, 0.2) is 5.43 Å². The van der Waals surface area contributed by atoms with Gasteiger partial charge in [0, 0.05) is 27.9 Å². The average molecular weight is 415 g/mol. The third-order valence-corrected chi connectivity index (χ3v) is 5.41. The molecule has 4 aromatic rings. The second-order valence-corrected chi connectivity index (χ2v) is 7.62. The summed E-state index contributed by atoms with van der Waals surface area (Å²) in [6.45, 7) is 0.400. The maximum absolute atomic E-state index is 13.2. The third kappa shape index (κ3) is 3.49. The highest BCUT2D eigenvalue weighted by molar-refractivity contribution is 6.31. The molecule has 0 saturated carbocycles. The first-order valence-corrected chi connectivity index (χ1v) is 10.1. The Morgan fingerprint density at radius 1 is 0.967 bits per heavy atom. The fourth-order valence-electron chi connectivity index (χ4n) is 3.70. The number of rotatable bonds is 4. The maximum Gasteiger partial charge on any atom is 0.194 e. The number of hydrogen-bond donors (Lipinski definition) is 1. The van der Waals surface area contributed by atoms with Crippen LogP contribution in [-0.2, 0) is 6.54 Å². The van der Waals surface area contributed by atoms with Crippen LogP contribution in [0.3, 0.4) is 0 Å². The van der Waals surface area contributed by atoms with Gasteiger partial charge in [0.1, 0.15) is 12.5 Å². The molecular formula is C24H19ClN4O. The molecule has 148 valence electrons. The van der Waals surface area contributed by atoms with Gasteiger partial charge in [-0.05, 0) is 35.9 Å². The van der Waals surface area contributed by atoms with Gasteiger partial charge in [0.25, 0.3) is 0 Å². The first-order valence-electron chi connectivity index (χ1n) is 9.69. The van der Waals surface area contributed by atoms with E-state index in [4.69, 9.17) is 11.6 Å². The Labute approximate surface area is 178 Å². The van der Waals surface area contributed by atoms with Crippen LogP contribution in [0.25, 0.3) is 16.6 Å². The SMILES string of the molecule is O=c1c(CN2C=NC(c3ccccc3)N2)cn(-c2ccccc2)c2cc(Cl)ccc12. The predicted molar refractivity (Wildman–Crippen MR) is 121 cm³/mol. The Morgan fingerprint density at radius 3 is 2.47 bits per heavy atom. The summed E-state index contributed by atoms with van der Waals surface area (Å²) in [5, 5.41) is 3.08. The van der Waals surface area contributed by atoms with Crippen molar-refractivity contribution in [1.29, 1.82) is 0 Å². The van der Waals surface area contributed by atoms with Crippen LogP contribution in [0.1, 0.15) is 17.3 Å². The number of nitrogens with one attached hydrogen (secondary N) is 1. The van der Waals surface area contributed by atoms with Crippen LogP contribution in [0.2, 0.25) is 5.02 Å². The van der Waals surface area contributed by atoms with Crippen molar-refractivity contribution in [2.45, 2.75) is 12.7 Å². The highest BCUT2D eigenvalue weighted by Crippen LogP contribution is 2.23. The molecule has 1 aliphatic rings. The van der Waals surface area contributed by atoms with E-state index < -0.39 is 0 Å². The predicted octanol–water partition coefficient (Wildman–Crippen LogP) is 4.69. The van der Waals surface area contributed by atoms with Crippen molar-refractivity contribution in [1.82, 2.24) is 15.0 Å². The smallest absolute Gasteiger partial charge is 0.194 e. The molecule has 3 aromatic carbocycles. The molecule has 6 heteroatoms. The molecule has 30 heavy (non-hydrogen) atoms. The average Bonchev–Trinajstić information content (AvgIpc) is 3.25. The second-order valence-electron chi connectivity index (χ2n) is 7.19. The van der Waals surface area contributed by atoms with Crippen LogP contribution in [0.15, 0.2) is 94.8 Å². The molecular weight excluding hydrogens is 396 g/mol. The number of pyridine rings is 1. The molecule has 0 spiro atoms. The Bertz CT molecular complexity index is 1290. The molecule has 1 N–H and O–H groups in total. The van der Waals surface area contributed by atoms with Crippen LogP contribution in [-0.4, -0.2) is 15.9 Å². The van der Waals surface area contributed by atoms with Crippen LogP contribution in [0, 0.1) is 0 Å². The van der Waals surface area contributed by atoms with Gasteiger partial charge in [-0.15, -0.1) is 0 Å². The van der Waals surface area contributed by atoms with Crippen LogP contribution in [0.5, 0.6) is 0 Å². The minimum atomic E-state index is -0.151. The number of para-hydroxylation sites is 1. The Hall–Kier alpha value is -3.41. The number of hydrazine groups is 1. The van der Waals surface area contributed by atoms with E-state index in [1.54, 1.807) is 18.5 Å². The molecule has 2 heterocycles. The highest BCUT2D eigenvalue weighted by Gasteiger charge is 2.20. The van der Waals surface area contributed by atoms with E-state index in [1.807, 2.05) is 82.5 Å². The van der Waals surface area contributed by atoms with Gasteiger partial charge in [0.2, 0.25) is 0 Å². The molecule has 0 bridgehead atoms. The van der Waals surface area contributed by atoms with Crippen molar-refractivity contribution in [3.05, 3.63) is 111 Å². The largest absolute Gasteiger partial charge is 0.316 e. The van der Waals surface area contributed by atoms with Crippen molar-refractivity contribution in [3.8, 4) is 5.69 Å². The lowest BCUT2D eigenvalue weighted by Gasteiger charge is -2.19. The van der Waals surface area contributed by atoms with Gasteiger partial charge in [0.05, 0.1) is 12.1 Å². The van der Waals surface area contributed by atoms with E-state index in [0.29, 0.717) is 22.5 Å². The number of halogens is 1. The van der Waals surface area contributed by atoms with Crippen LogP contribution >= 0.6 is 11.6 Å². The Morgan fingerprint density at radius 2 is 1.70 bits per heavy atom. The van der Waals surface area contributed by atoms with Crippen molar-refractivity contribution in [2.75, 3.05) is 0 Å². The van der Waals surface area contributed by atoms with Gasteiger partial charge >= 0.3 is 0 Å². The molecule has 0 aliphatic carbocycles. The zero-order valence-corrected chi connectivity index (χ0v) is 16.8. The quantitative estimate of drug-likeness (QED) is 0.527. The fourth-order valence-corrected chi connectivity index (χ4v) is 3.87. The Balaban J connectivity index is 1.53. The number of hydrogen-bond acceptors (Lipinski definition) is 4. The normalized spacial score (nSPS) is 15.8. The number of aliphatic imine (C=N–C) groups is 1. The monoisotopic (exact) mass is 414 g/mol. The number of benzene rings is 3. The molecule has 5 rings (SSSR count). The lowest BCUT2D eigenvalue weighted by Crippen LogP contribution is -2.34. The zero-order valence-electron chi connectivity index (χ0n) is 16.1. The summed E-state index contributed by atoms with van der Waals surface area (Å²) in [4.78, 5) is 17.7. The lowest BCUT2D eigenvalue weighted by molar-refractivity contribution is 0.298. The minimum absolute atomic E-state index is 0.00721. The fraction of sp³-hybridized carbons (Fsp3) is 0.0833. The first kappa shape index (κ1) is 18.6. The second kappa shape index (κ2) is 7.78. The van der Waals surface area contributed by atoms with Gasteiger partial charge in [-0.3, -0.25) is 9.80 Å². The topological polar surface area (TPSA) is 49.6 Å². The van der Waals surface area contributed by atoms with Crippen molar-refractivity contribution in [2.24, 2.45) is 4.99 Å². The summed E-state index contributed by atoms with van der Waals surface area (Å²) in [7, 11) is 0. The van der Waals surface area contributed by atoms with E-state index >= 15 is 0 Å². The van der Waals surface area contributed by atoms with Crippen LogP contribution < -0.4 is 10.9 Å². The summed E-state index contributed by atoms with van der Waals surface area (Å²) in [6, 6.07) is 25.3. The lowest BCUT2D eigenvalue weighted by atomic mass is 10.1. The van der Waals surface area contributed by atoms with E-state index in [0.717, 1.165) is 16.8 Å². The van der Waals surface area contributed by atoms with Crippen molar-refractivity contribution >= 4 is 28.8 Å². The molecule has 1 aromatic heterocycles. The molecule has 1 aliphatic heterocycles. The highest BCUT2D eigenvalue weighted by atomic mass is 35.5. The van der Waals surface area contributed by atoms with Gasteiger partial charge in [-0.2, -0.15) is 0 Å². The zero-order chi connectivity index (χ0) is 20.5. The third-order valence-electron chi connectivity index (χ3n) is 5.17. The molecule has 0 amide bonds. The molecule has 0 saturated heterocycles. The van der Waals surface area contributed by atoms with Gasteiger partial charge in [-0.25, -0.2) is 10.4 Å². The summed E-state index contributed by atoms with van der Waals surface area (Å²) in [5.41, 5.74) is 6.83. The standard InChI is InChI=1S/C24H19ClN4O/c25-19-11-12-21-22(13-19)29(20-9-5-2-6-10-20)15-18(23(21)30)14-28-16-26-24(27-28)17-7-3-1-4-8-17/h1-13,15-16,24,27H,14H2. The van der Waals surface area contributed by atoms with Crippen molar-refractivity contribution in [3.63, 3.8) is 0 Å². The van der Waals surface area contributed by atoms with Gasteiger partial charge < -0.3 is 4.57 Å². The molecule has 1 unspecified atom stereocenters. The summed E-state index contributed by atoms with van der Waals surface area (Å²) in [5.74, 6) is 0. The number of nitrogens with zero attached hydrogens (tertiary/aromatic N) is 3.